The summed E-state index contributed by atoms with van der Waals surface area (Å²) in [5.41, 5.74) is 3.31. The molecule has 1 aliphatic rings. The van der Waals surface area contributed by atoms with E-state index in [2.05, 4.69) is 32.0 Å². The SMILES string of the molecule is C[C](C)CCC1(c2cccc(Cl)c2)CCC(n2nc(-c3ccccc3)ccc2=O)CC1. The molecule has 0 atom stereocenters. The smallest absolute Gasteiger partial charge is 0.267 e. The average molecular weight is 434 g/mol. The van der Waals surface area contributed by atoms with Crippen molar-refractivity contribution in [2.24, 2.45) is 0 Å². The van der Waals surface area contributed by atoms with Gasteiger partial charge in [0.1, 0.15) is 0 Å². The molecule has 4 heteroatoms. The molecule has 1 aliphatic carbocycles. The molecule has 0 spiro atoms. The van der Waals surface area contributed by atoms with Crippen LogP contribution in [-0.2, 0) is 5.41 Å². The summed E-state index contributed by atoms with van der Waals surface area (Å²) in [6, 6.07) is 22.0. The van der Waals surface area contributed by atoms with Crippen molar-refractivity contribution in [2.45, 2.75) is 63.8 Å². The van der Waals surface area contributed by atoms with Crippen molar-refractivity contribution in [2.75, 3.05) is 0 Å². The molecule has 1 saturated carbocycles. The van der Waals surface area contributed by atoms with Crippen molar-refractivity contribution < 1.29 is 0 Å². The van der Waals surface area contributed by atoms with E-state index in [1.165, 1.54) is 11.5 Å². The number of aromatic nitrogens is 2. The van der Waals surface area contributed by atoms with E-state index in [1.807, 2.05) is 42.5 Å². The highest BCUT2D eigenvalue weighted by Gasteiger charge is 2.37. The van der Waals surface area contributed by atoms with E-state index in [1.54, 1.807) is 10.7 Å². The van der Waals surface area contributed by atoms with Gasteiger partial charge in [0.25, 0.3) is 5.56 Å². The van der Waals surface area contributed by atoms with Crippen LogP contribution in [0, 0.1) is 5.92 Å². The Balaban J connectivity index is 1.59. The number of rotatable bonds is 6. The molecule has 31 heavy (non-hydrogen) atoms. The van der Waals surface area contributed by atoms with E-state index >= 15 is 0 Å². The molecule has 0 bridgehead atoms. The second-order valence-electron chi connectivity index (χ2n) is 9.10. The van der Waals surface area contributed by atoms with Gasteiger partial charge < -0.3 is 0 Å². The maximum absolute atomic E-state index is 12.7. The maximum Gasteiger partial charge on any atom is 0.267 e. The first-order valence-corrected chi connectivity index (χ1v) is 11.5. The molecular formula is C27H30ClN2O. The summed E-state index contributed by atoms with van der Waals surface area (Å²) in [6.07, 6.45) is 6.19. The summed E-state index contributed by atoms with van der Waals surface area (Å²) in [7, 11) is 0. The van der Waals surface area contributed by atoms with E-state index < -0.39 is 0 Å². The number of halogens is 1. The molecule has 2 aromatic carbocycles. The number of nitrogens with zero attached hydrogens (tertiary/aromatic N) is 2. The van der Waals surface area contributed by atoms with Gasteiger partial charge in [0.05, 0.1) is 11.7 Å². The Kier molecular flexibility index (Phi) is 6.62. The standard InChI is InChI=1S/C27H30ClN2O/c1-20(2)13-16-27(22-9-6-10-23(28)19-22)17-14-24(15-18-27)30-26(31)12-11-25(29-30)21-7-4-3-5-8-21/h3-12,19,24H,13-18H2,1-2H3. The molecule has 0 unspecified atom stereocenters. The molecule has 0 aliphatic heterocycles. The van der Waals surface area contributed by atoms with Crippen LogP contribution in [0.1, 0.15) is 64.0 Å². The quantitative estimate of drug-likeness (QED) is 0.419. The van der Waals surface area contributed by atoms with Crippen LogP contribution in [0.3, 0.4) is 0 Å². The molecule has 3 aromatic rings. The van der Waals surface area contributed by atoms with Crippen LogP contribution in [0.25, 0.3) is 11.3 Å². The topological polar surface area (TPSA) is 34.9 Å². The Bertz CT molecular complexity index is 1070. The Labute approximate surface area is 190 Å². The highest BCUT2D eigenvalue weighted by Crippen LogP contribution is 2.47. The summed E-state index contributed by atoms with van der Waals surface area (Å²) in [5, 5.41) is 5.55. The molecule has 161 valence electrons. The second-order valence-corrected chi connectivity index (χ2v) is 9.53. The molecule has 1 aromatic heterocycles. The lowest BCUT2D eigenvalue weighted by molar-refractivity contribution is 0.204. The van der Waals surface area contributed by atoms with E-state index in [0.29, 0.717) is 0 Å². The molecule has 1 heterocycles. The van der Waals surface area contributed by atoms with Gasteiger partial charge in [-0.15, -0.1) is 0 Å². The van der Waals surface area contributed by atoms with Crippen molar-refractivity contribution in [1.29, 1.82) is 0 Å². The Morgan fingerprint density at radius 3 is 2.45 bits per heavy atom. The average Bonchev–Trinajstić information content (AvgIpc) is 2.79. The fourth-order valence-corrected chi connectivity index (χ4v) is 5.03. The minimum Gasteiger partial charge on any atom is -0.268 e. The van der Waals surface area contributed by atoms with Crippen LogP contribution in [0.15, 0.2) is 71.5 Å². The van der Waals surface area contributed by atoms with Gasteiger partial charge in [0.2, 0.25) is 0 Å². The summed E-state index contributed by atoms with van der Waals surface area (Å²) in [6.45, 7) is 4.41. The van der Waals surface area contributed by atoms with E-state index in [9.17, 15) is 4.79 Å². The Hall–Kier alpha value is -2.39. The summed E-state index contributed by atoms with van der Waals surface area (Å²) >= 11 is 6.35. The lowest BCUT2D eigenvalue weighted by Crippen LogP contribution is -2.36. The molecule has 0 N–H and O–H groups in total. The third-order valence-corrected chi connectivity index (χ3v) is 6.93. The molecule has 0 saturated heterocycles. The largest absolute Gasteiger partial charge is 0.268 e. The van der Waals surface area contributed by atoms with Crippen LogP contribution in [0.5, 0.6) is 0 Å². The van der Waals surface area contributed by atoms with E-state index in [0.717, 1.165) is 54.8 Å². The van der Waals surface area contributed by atoms with Crippen molar-refractivity contribution in [1.82, 2.24) is 9.78 Å². The van der Waals surface area contributed by atoms with E-state index in [4.69, 9.17) is 16.7 Å². The van der Waals surface area contributed by atoms with Gasteiger partial charge in [-0.2, -0.15) is 5.10 Å². The lowest BCUT2D eigenvalue weighted by Gasteiger charge is -2.41. The Morgan fingerprint density at radius 2 is 1.77 bits per heavy atom. The molecule has 4 rings (SSSR count). The van der Waals surface area contributed by atoms with Gasteiger partial charge >= 0.3 is 0 Å². The summed E-state index contributed by atoms with van der Waals surface area (Å²) in [5.74, 6) is 1.46. The third-order valence-electron chi connectivity index (χ3n) is 6.69. The normalized spacial score (nSPS) is 21.4. The van der Waals surface area contributed by atoms with Gasteiger partial charge in [-0.3, -0.25) is 4.79 Å². The summed E-state index contributed by atoms with van der Waals surface area (Å²) in [4.78, 5) is 12.7. The van der Waals surface area contributed by atoms with Crippen LogP contribution >= 0.6 is 11.6 Å². The van der Waals surface area contributed by atoms with Crippen LogP contribution in [-0.4, -0.2) is 9.78 Å². The minimum atomic E-state index is -0.0160. The fourth-order valence-electron chi connectivity index (χ4n) is 4.84. The minimum absolute atomic E-state index is 0.0160. The first kappa shape index (κ1) is 21.8. The second kappa shape index (κ2) is 9.40. The third kappa shape index (κ3) is 4.93. The van der Waals surface area contributed by atoms with Gasteiger partial charge in [0.15, 0.2) is 0 Å². The first-order chi connectivity index (χ1) is 15.0. The molecule has 3 nitrogen and oxygen atoms in total. The fraction of sp³-hybridized carbons (Fsp3) is 0.370. The van der Waals surface area contributed by atoms with Gasteiger partial charge in [-0.1, -0.05) is 67.9 Å². The predicted octanol–water partition coefficient (Wildman–Crippen LogP) is 7.01. The van der Waals surface area contributed by atoms with Crippen LogP contribution in [0.2, 0.25) is 5.02 Å². The first-order valence-electron chi connectivity index (χ1n) is 11.2. The zero-order chi connectivity index (χ0) is 21.8. The molecular weight excluding hydrogens is 404 g/mol. The predicted molar refractivity (Wildman–Crippen MR) is 128 cm³/mol. The monoisotopic (exact) mass is 433 g/mol. The number of hydrogen-bond acceptors (Lipinski definition) is 2. The van der Waals surface area contributed by atoms with Crippen molar-refractivity contribution in [3.8, 4) is 11.3 Å². The lowest BCUT2D eigenvalue weighted by atomic mass is 9.65. The maximum atomic E-state index is 12.7. The zero-order valence-corrected chi connectivity index (χ0v) is 19.1. The van der Waals surface area contributed by atoms with Gasteiger partial charge in [-0.25, -0.2) is 4.68 Å². The molecule has 1 fully saturated rings. The van der Waals surface area contributed by atoms with Crippen LogP contribution in [0.4, 0.5) is 0 Å². The van der Waals surface area contributed by atoms with Crippen molar-refractivity contribution >= 4 is 11.6 Å². The zero-order valence-electron chi connectivity index (χ0n) is 18.4. The van der Waals surface area contributed by atoms with Gasteiger partial charge in [-0.05, 0) is 73.6 Å². The summed E-state index contributed by atoms with van der Waals surface area (Å²) < 4.78 is 1.72. The number of hydrogen-bond donors (Lipinski definition) is 0. The Morgan fingerprint density at radius 1 is 1.03 bits per heavy atom. The van der Waals surface area contributed by atoms with E-state index in [-0.39, 0.29) is 17.0 Å². The number of benzene rings is 2. The highest BCUT2D eigenvalue weighted by molar-refractivity contribution is 6.30. The highest BCUT2D eigenvalue weighted by atomic mass is 35.5. The van der Waals surface area contributed by atoms with Crippen molar-refractivity contribution in [3.05, 3.63) is 93.6 Å². The van der Waals surface area contributed by atoms with Crippen molar-refractivity contribution in [3.63, 3.8) is 0 Å². The van der Waals surface area contributed by atoms with Crippen LogP contribution < -0.4 is 5.56 Å². The van der Waals surface area contributed by atoms with Gasteiger partial charge in [0, 0.05) is 16.7 Å². The molecule has 1 radical (unpaired) electrons. The molecule has 0 amide bonds.